The molecule has 1 nitrogen and oxygen atoms in total. The number of aromatic hydroxyl groups is 1. The summed E-state index contributed by atoms with van der Waals surface area (Å²) in [6, 6.07) is 23.3. The lowest BCUT2D eigenvalue weighted by atomic mass is 9.95. The van der Waals surface area contributed by atoms with Crippen LogP contribution in [0.2, 0.25) is 5.02 Å². The maximum atomic E-state index is 9.41. The largest absolute Gasteiger partial charge is 0.508 e. The number of rotatable bonds is 2. The van der Waals surface area contributed by atoms with Crippen LogP contribution in [0.5, 0.6) is 5.75 Å². The first-order valence-electron chi connectivity index (χ1n) is 6.38. The van der Waals surface area contributed by atoms with E-state index in [1.165, 1.54) is 0 Å². The highest BCUT2D eigenvalue weighted by Gasteiger charge is 2.06. The predicted molar refractivity (Wildman–Crippen MR) is 84.0 cm³/mol. The van der Waals surface area contributed by atoms with Crippen LogP contribution in [0, 0.1) is 0 Å². The summed E-state index contributed by atoms with van der Waals surface area (Å²) in [5.74, 6) is 0.276. The summed E-state index contributed by atoms with van der Waals surface area (Å²) in [5.41, 5.74) is 4.48. The topological polar surface area (TPSA) is 20.2 Å². The molecule has 20 heavy (non-hydrogen) atoms. The molecule has 0 heterocycles. The van der Waals surface area contributed by atoms with Crippen molar-refractivity contribution in [2.45, 2.75) is 0 Å². The third kappa shape index (κ3) is 2.54. The molecule has 0 saturated heterocycles. The summed E-state index contributed by atoms with van der Waals surface area (Å²) in [4.78, 5) is 0. The van der Waals surface area contributed by atoms with E-state index in [1.807, 2.05) is 48.5 Å². The van der Waals surface area contributed by atoms with E-state index < -0.39 is 0 Å². The van der Waals surface area contributed by atoms with E-state index in [9.17, 15) is 5.11 Å². The van der Waals surface area contributed by atoms with Gasteiger partial charge in [0.2, 0.25) is 0 Å². The van der Waals surface area contributed by atoms with Crippen molar-refractivity contribution in [2.24, 2.45) is 0 Å². The number of halogens is 1. The molecule has 0 saturated carbocycles. The van der Waals surface area contributed by atoms with Crippen LogP contribution in [-0.4, -0.2) is 5.11 Å². The van der Waals surface area contributed by atoms with Crippen LogP contribution in [-0.2, 0) is 0 Å². The maximum absolute atomic E-state index is 9.41. The first kappa shape index (κ1) is 12.8. The quantitative estimate of drug-likeness (QED) is 0.668. The third-order valence-electron chi connectivity index (χ3n) is 3.26. The molecule has 0 unspecified atom stereocenters. The van der Waals surface area contributed by atoms with Gasteiger partial charge < -0.3 is 5.11 Å². The van der Waals surface area contributed by atoms with Crippen LogP contribution in [0.4, 0.5) is 0 Å². The molecular weight excluding hydrogens is 268 g/mol. The summed E-state index contributed by atoms with van der Waals surface area (Å²) >= 11 is 5.95. The Morgan fingerprint density at radius 3 is 1.55 bits per heavy atom. The minimum Gasteiger partial charge on any atom is -0.508 e. The molecule has 0 atom stereocenters. The highest BCUT2D eigenvalue weighted by Crippen LogP contribution is 2.33. The molecule has 0 radical (unpaired) electrons. The zero-order valence-corrected chi connectivity index (χ0v) is 11.5. The minimum absolute atomic E-state index is 0.276. The zero-order valence-electron chi connectivity index (χ0n) is 10.8. The molecule has 0 aliphatic rings. The first-order chi connectivity index (χ1) is 9.74. The van der Waals surface area contributed by atoms with Crippen LogP contribution in [0.3, 0.4) is 0 Å². The fraction of sp³-hybridized carbons (Fsp3) is 0. The van der Waals surface area contributed by atoms with Gasteiger partial charge in [0.05, 0.1) is 0 Å². The highest BCUT2D eigenvalue weighted by molar-refractivity contribution is 6.30. The fourth-order valence-electron chi connectivity index (χ4n) is 2.26. The van der Waals surface area contributed by atoms with Crippen molar-refractivity contribution in [3.05, 3.63) is 77.8 Å². The molecule has 0 spiro atoms. The standard InChI is InChI=1S/C18H13ClO/c19-15-9-5-13(6-10-15)17-3-1-2-4-18(17)14-7-11-16(20)12-8-14/h1-12,20H. The van der Waals surface area contributed by atoms with Gasteiger partial charge in [0, 0.05) is 5.02 Å². The summed E-state index contributed by atoms with van der Waals surface area (Å²) < 4.78 is 0. The van der Waals surface area contributed by atoms with Gasteiger partial charge in [0.1, 0.15) is 5.75 Å². The Morgan fingerprint density at radius 1 is 0.600 bits per heavy atom. The van der Waals surface area contributed by atoms with Gasteiger partial charge in [-0.1, -0.05) is 60.1 Å². The predicted octanol–water partition coefficient (Wildman–Crippen LogP) is 5.38. The SMILES string of the molecule is Oc1ccc(-c2ccccc2-c2ccc(Cl)cc2)cc1. The summed E-state index contributed by atoms with van der Waals surface area (Å²) in [6.07, 6.45) is 0. The lowest BCUT2D eigenvalue weighted by molar-refractivity contribution is 0.475. The van der Waals surface area contributed by atoms with Crippen molar-refractivity contribution in [3.63, 3.8) is 0 Å². The number of hydrogen-bond donors (Lipinski definition) is 1. The van der Waals surface area contributed by atoms with Gasteiger partial charge in [-0.3, -0.25) is 0 Å². The summed E-state index contributed by atoms with van der Waals surface area (Å²) in [5, 5.41) is 10.1. The van der Waals surface area contributed by atoms with Crippen molar-refractivity contribution < 1.29 is 5.11 Å². The zero-order chi connectivity index (χ0) is 13.9. The molecule has 0 aromatic heterocycles. The second-order valence-electron chi connectivity index (χ2n) is 4.60. The Balaban J connectivity index is 2.13. The molecule has 3 aromatic carbocycles. The molecular formula is C18H13ClO. The smallest absolute Gasteiger partial charge is 0.115 e. The maximum Gasteiger partial charge on any atom is 0.115 e. The monoisotopic (exact) mass is 280 g/mol. The molecule has 3 aromatic rings. The molecule has 0 fully saturated rings. The van der Waals surface area contributed by atoms with Crippen LogP contribution in [0.15, 0.2) is 72.8 Å². The number of phenols is 1. The summed E-state index contributed by atoms with van der Waals surface area (Å²) in [6.45, 7) is 0. The molecule has 0 amide bonds. The van der Waals surface area contributed by atoms with E-state index in [-0.39, 0.29) is 5.75 Å². The number of hydrogen-bond acceptors (Lipinski definition) is 1. The average Bonchev–Trinajstić information content (AvgIpc) is 2.49. The fourth-order valence-corrected chi connectivity index (χ4v) is 2.38. The molecule has 3 rings (SSSR count). The molecule has 98 valence electrons. The van der Waals surface area contributed by atoms with Crippen LogP contribution >= 0.6 is 11.6 Å². The van der Waals surface area contributed by atoms with Gasteiger partial charge in [0.25, 0.3) is 0 Å². The van der Waals surface area contributed by atoms with Crippen LogP contribution in [0.25, 0.3) is 22.3 Å². The van der Waals surface area contributed by atoms with E-state index in [0.29, 0.717) is 0 Å². The van der Waals surface area contributed by atoms with Gasteiger partial charge in [-0.05, 0) is 46.5 Å². The lowest BCUT2D eigenvalue weighted by Gasteiger charge is -2.10. The van der Waals surface area contributed by atoms with E-state index in [4.69, 9.17) is 11.6 Å². The van der Waals surface area contributed by atoms with Gasteiger partial charge in [-0.25, -0.2) is 0 Å². The number of benzene rings is 3. The summed E-state index contributed by atoms with van der Waals surface area (Å²) in [7, 11) is 0. The normalized spacial score (nSPS) is 10.4. The van der Waals surface area contributed by atoms with Gasteiger partial charge in [0.15, 0.2) is 0 Å². The molecule has 0 aliphatic heterocycles. The molecule has 1 N–H and O–H groups in total. The minimum atomic E-state index is 0.276. The molecule has 0 aliphatic carbocycles. The Bertz CT molecular complexity index is 651. The lowest BCUT2D eigenvalue weighted by Crippen LogP contribution is -1.84. The van der Waals surface area contributed by atoms with Crippen molar-refractivity contribution in [3.8, 4) is 28.0 Å². The van der Waals surface area contributed by atoms with E-state index in [1.54, 1.807) is 12.1 Å². The Morgan fingerprint density at radius 2 is 1.05 bits per heavy atom. The van der Waals surface area contributed by atoms with Crippen molar-refractivity contribution in [1.29, 1.82) is 0 Å². The van der Waals surface area contributed by atoms with Crippen LogP contribution < -0.4 is 0 Å². The van der Waals surface area contributed by atoms with Gasteiger partial charge in [-0.2, -0.15) is 0 Å². The van der Waals surface area contributed by atoms with E-state index >= 15 is 0 Å². The van der Waals surface area contributed by atoms with Crippen molar-refractivity contribution in [2.75, 3.05) is 0 Å². The number of phenolic OH excluding ortho intramolecular Hbond substituents is 1. The van der Waals surface area contributed by atoms with Gasteiger partial charge in [-0.15, -0.1) is 0 Å². The van der Waals surface area contributed by atoms with Crippen LogP contribution in [0.1, 0.15) is 0 Å². The molecule has 0 bridgehead atoms. The first-order valence-corrected chi connectivity index (χ1v) is 6.76. The second-order valence-corrected chi connectivity index (χ2v) is 5.04. The average molecular weight is 281 g/mol. The highest BCUT2D eigenvalue weighted by atomic mass is 35.5. The van der Waals surface area contributed by atoms with Gasteiger partial charge >= 0.3 is 0 Å². The van der Waals surface area contributed by atoms with Crippen molar-refractivity contribution >= 4 is 11.6 Å². The Labute approximate surface area is 123 Å². The third-order valence-corrected chi connectivity index (χ3v) is 3.51. The second kappa shape index (κ2) is 5.40. The van der Waals surface area contributed by atoms with E-state index in [0.717, 1.165) is 27.3 Å². The van der Waals surface area contributed by atoms with Crippen molar-refractivity contribution in [1.82, 2.24) is 0 Å². The molecule has 2 heteroatoms. The Kier molecular flexibility index (Phi) is 3.44. The Hall–Kier alpha value is -2.25. The van der Waals surface area contributed by atoms with E-state index in [2.05, 4.69) is 12.1 Å².